The van der Waals surface area contributed by atoms with Crippen LogP contribution in [-0.2, 0) is 6.42 Å². The van der Waals surface area contributed by atoms with Gasteiger partial charge in [0.1, 0.15) is 5.82 Å². The molecule has 0 aliphatic heterocycles. The van der Waals surface area contributed by atoms with E-state index in [-0.39, 0.29) is 10.8 Å². The van der Waals surface area contributed by atoms with E-state index in [9.17, 15) is 4.39 Å². The van der Waals surface area contributed by atoms with Gasteiger partial charge in [-0.15, -0.1) is 0 Å². The largest absolute Gasteiger partial charge is 0.316 e. The predicted octanol–water partition coefficient (Wildman–Crippen LogP) is 3.66. The average Bonchev–Trinajstić information content (AvgIpc) is 2.29. The molecule has 1 aromatic carbocycles. The predicted molar refractivity (Wildman–Crippen MR) is 67.4 cm³/mol. The van der Waals surface area contributed by atoms with Crippen LogP contribution in [0.5, 0.6) is 0 Å². The Bertz CT molecular complexity index is 341. The monoisotopic (exact) mass is 243 g/mol. The quantitative estimate of drug-likeness (QED) is 0.832. The topological polar surface area (TPSA) is 12.0 Å². The first-order valence-corrected chi connectivity index (χ1v) is 6.07. The van der Waals surface area contributed by atoms with Crippen LogP contribution in [0.25, 0.3) is 0 Å². The molecule has 0 heterocycles. The van der Waals surface area contributed by atoms with Gasteiger partial charge in [-0.1, -0.05) is 37.9 Å². The van der Waals surface area contributed by atoms with Gasteiger partial charge in [0, 0.05) is 6.04 Å². The molecule has 1 nitrogen and oxygen atoms in total. The fourth-order valence-corrected chi connectivity index (χ4v) is 2.00. The van der Waals surface area contributed by atoms with Crippen LogP contribution in [0.15, 0.2) is 18.2 Å². The third-order valence-corrected chi connectivity index (χ3v) is 3.43. The third-order valence-electron chi connectivity index (χ3n) is 3.14. The van der Waals surface area contributed by atoms with Crippen molar-refractivity contribution in [3.05, 3.63) is 34.6 Å². The third kappa shape index (κ3) is 3.46. The van der Waals surface area contributed by atoms with Crippen LogP contribution in [0.4, 0.5) is 4.39 Å². The second-order valence-electron chi connectivity index (χ2n) is 4.23. The molecule has 0 saturated carbocycles. The molecule has 0 bridgehead atoms. The van der Waals surface area contributed by atoms with Crippen molar-refractivity contribution in [1.29, 1.82) is 0 Å². The number of halogens is 2. The van der Waals surface area contributed by atoms with Crippen molar-refractivity contribution < 1.29 is 4.39 Å². The van der Waals surface area contributed by atoms with Crippen molar-refractivity contribution >= 4 is 11.6 Å². The Labute approximate surface area is 102 Å². The van der Waals surface area contributed by atoms with Crippen molar-refractivity contribution in [2.75, 3.05) is 7.05 Å². The van der Waals surface area contributed by atoms with E-state index in [4.69, 9.17) is 11.6 Å². The van der Waals surface area contributed by atoms with E-state index < -0.39 is 0 Å². The second-order valence-corrected chi connectivity index (χ2v) is 4.64. The van der Waals surface area contributed by atoms with Gasteiger partial charge in [0.2, 0.25) is 0 Å². The van der Waals surface area contributed by atoms with Gasteiger partial charge in [0.25, 0.3) is 0 Å². The molecule has 3 heteroatoms. The average molecular weight is 244 g/mol. The smallest absolute Gasteiger partial charge is 0.141 e. The Morgan fingerprint density at radius 3 is 2.62 bits per heavy atom. The fraction of sp³-hybridized carbons (Fsp3) is 0.538. The Kier molecular flexibility index (Phi) is 5.23. The van der Waals surface area contributed by atoms with Gasteiger partial charge in [-0.2, -0.15) is 0 Å². The summed E-state index contributed by atoms with van der Waals surface area (Å²) in [6, 6.07) is 5.35. The van der Waals surface area contributed by atoms with Crippen LogP contribution in [0, 0.1) is 11.7 Å². The summed E-state index contributed by atoms with van der Waals surface area (Å²) in [4.78, 5) is 0. The molecule has 1 aromatic rings. The molecule has 1 N–H and O–H groups in total. The highest BCUT2D eigenvalue weighted by Crippen LogP contribution is 2.19. The number of hydrogen-bond acceptors (Lipinski definition) is 1. The minimum Gasteiger partial charge on any atom is -0.316 e. The molecule has 2 atom stereocenters. The van der Waals surface area contributed by atoms with Crippen molar-refractivity contribution in [2.24, 2.45) is 5.92 Å². The normalized spacial score (nSPS) is 14.8. The molecule has 0 aliphatic carbocycles. The molecule has 0 amide bonds. The van der Waals surface area contributed by atoms with E-state index in [1.54, 1.807) is 12.1 Å². The van der Waals surface area contributed by atoms with E-state index in [2.05, 4.69) is 19.2 Å². The van der Waals surface area contributed by atoms with E-state index in [1.165, 1.54) is 6.07 Å². The minimum atomic E-state index is -0.352. The van der Waals surface area contributed by atoms with Gasteiger partial charge in [-0.05, 0) is 37.1 Å². The SMILES string of the molecule is CCC(C)C(Cc1ccc(F)c(Cl)c1)NC. The summed E-state index contributed by atoms with van der Waals surface area (Å²) in [5.74, 6) is 0.240. The van der Waals surface area contributed by atoms with E-state index in [0.29, 0.717) is 12.0 Å². The standard InChI is InChI=1S/C13H19ClFN/c1-4-9(2)13(16-3)8-10-5-6-12(15)11(14)7-10/h5-7,9,13,16H,4,8H2,1-3H3. The molecule has 0 radical (unpaired) electrons. The first-order valence-electron chi connectivity index (χ1n) is 5.69. The Morgan fingerprint density at radius 2 is 2.12 bits per heavy atom. The van der Waals surface area contributed by atoms with Gasteiger partial charge in [-0.25, -0.2) is 4.39 Å². The zero-order valence-electron chi connectivity index (χ0n) is 10.1. The Balaban J connectivity index is 2.74. The van der Waals surface area contributed by atoms with Crippen LogP contribution in [0.2, 0.25) is 5.02 Å². The van der Waals surface area contributed by atoms with Crippen LogP contribution < -0.4 is 5.32 Å². The first kappa shape index (κ1) is 13.5. The summed E-state index contributed by atoms with van der Waals surface area (Å²) >= 11 is 5.76. The molecular formula is C13H19ClFN. The van der Waals surface area contributed by atoms with Gasteiger partial charge in [-0.3, -0.25) is 0 Å². The van der Waals surface area contributed by atoms with Gasteiger partial charge in [0.15, 0.2) is 0 Å². The number of benzene rings is 1. The highest BCUT2D eigenvalue weighted by molar-refractivity contribution is 6.30. The minimum absolute atomic E-state index is 0.205. The zero-order valence-corrected chi connectivity index (χ0v) is 10.8. The summed E-state index contributed by atoms with van der Waals surface area (Å²) in [5, 5.41) is 3.50. The zero-order chi connectivity index (χ0) is 12.1. The molecule has 0 aliphatic rings. The molecule has 0 spiro atoms. The van der Waals surface area contributed by atoms with Crippen LogP contribution >= 0.6 is 11.6 Å². The lowest BCUT2D eigenvalue weighted by Gasteiger charge is -2.22. The van der Waals surface area contributed by atoms with Crippen molar-refractivity contribution in [2.45, 2.75) is 32.7 Å². The highest BCUT2D eigenvalue weighted by atomic mass is 35.5. The molecule has 0 fully saturated rings. The van der Waals surface area contributed by atoms with Crippen LogP contribution in [0.1, 0.15) is 25.8 Å². The van der Waals surface area contributed by atoms with Crippen molar-refractivity contribution in [3.8, 4) is 0 Å². The molecule has 0 aromatic heterocycles. The molecule has 2 unspecified atom stereocenters. The molecule has 16 heavy (non-hydrogen) atoms. The van der Waals surface area contributed by atoms with E-state index in [0.717, 1.165) is 18.4 Å². The lowest BCUT2D eigenvalue weighted by atomic mass is 9.93. The van der Waals surface area contributed by atoms with Crippen molar-refractivity contribution in [1.82, 2.24) is 5.32 Å². The summed E-state index contributed by atoms with van der Waals surface area (Å²) in [6.07, 6.45) is 2.01. The van der Waals surface area contributed by atoms with E-state index >= 15 is 0 Å². The van der Waals surface area contributed by atoms with Gasteiger partial charge < -0.3 is 5.32 Å². The summed E-state index contributed by atoms with van der Waals surface area (Å²) in [5.41, 5.74) is 1.08. The Hall–Kier alpha value is -0.600. The van der Waals surface area contributed by atoms with E-state index in [1.807, 2.05) is 7.05 Å². The molecule has 1 rings (SSSR count). The summed E-state index contributed by atoms with van der Waals surface area (Å²) < 4.78 is 13.0. The van der Waals surface area contributed by atoms with Crippen molar-refractivity contribution in [3.63, 3.8) is 0 Å². The summed E-state index contributed by atoms with van der Waals surface area (Å²) in [6.45, 7) is 4.39. The lowest BCUT2D eigenvalue weighted by molar-refractivity contribution is 0.386. The highest BCUT2D eigenvalue weighted by Gasteiger charge is 2.14. The lowest BCUT2D eigenvalue weighted by Crippen LogP contribution is -2.33. The fourth-order valence-electron chi connectivity index (χ4n) is 1.79. The maximum atomic E-state index is 13.0. The van der Waals surface area contributed by atoms with Gasteiger partial charge >= 0.3 is 0 Å². The maximum Gasteiger partial charge on any atom is 0.141 e. The number of rotatable bonds is 5. The molecule has 0 saturated heterocycles. The number of hydrogen-bond donors (Lipinski definition) is 1. The molecular weight excluding hydrogens is 225 g/mol. The van der Waals surface area contributed by atoms with Gasteiger partial charge in [0.05, 0.1) is 5.02 Å². The second kappa shape index (κ2) is 6.21. The number of likely N-dealkylation sites (N-methyl/N-ethyl adjacent to an activating group) is 1. The maximum absolute atomic E-state index is 13.0. The number of nitrogens with one attached hydrogen (secondary N) is 1. The first-order chi connectivity index (χ1) is 7.58. The Morgan fingerprint density at radius 1 is 1.44 bits per heavy atom. The summed E-state index contributed by atoms with van der Waals surface area (Å²) in [7, 11) is 1.96. The molecule has 90 valence electrons. The van der Waals surface area contributed by atoms with Crippen LogP contribution in [-0.4, -0.2) is 13.1 Å². The van der Waals surface area contributed by atoms with Crippen LogP contribution in [0.3, 0.4) is 0 Å².